The third-order valence-electron chi connectivity index (χ3n) is 3.76. The van der Waals surface area contributed by atoms with Crippen LogP contribution in [0.4, 0.5) is 0 Å². The van der Waals surface area contributed by atoms with E-state index in [4.69, 9.17) is 4.98 Å². The predicted molar refractivity (Wildman–Crippen MR) is 95.9 cm³/mol. The molecule has 2 atom stereocenters. The number of thiazole rings is 1. The summed E-state index contributed by atoms with van der Waals surface area (Å²) in [5.74, 6) is 0. The van der Waals surface area contributed by atoms with Gasteiger partial charge in [0.15, 0.2) is 0 Å². The fraction of sp³-hybridized carbons (Fsp3) is 0.588. The number of aliphatic hydroxyl groups is 1. The highest BCUT2D eigenvalue weighted by Gasteiger charge is 2.26. The second-order valence-corrected chi connectivity index (χ2v) is 8.92. The topological polar surface area (TPSA) is 45.2 Å². The highest BCUT2D eigenvalue weighted by molar-refractivity contribution is 7.12. The minimum atomic E-state index is -0.848. The molecule has 122 valence electrons. The van der Waals surface area contributed by atoms with Crippen molar-refractivity contribution >= 4 is 22.7 Å². The second-order valence-electron chi connectivity index (χ2n) is 7.11. The summed E-state index contributed by atoms with van der Waals surface area (Å²) < 4.78 is 0. The standard InChI is InChI=1S/C17H26N2OS2/c1-11(14-12(2)19-15(22-14)16(3,4)5)18-10-17(6,20)13-7-8-21-9-13/h7-9,11,18,20H,10H2,1-6H3. The van der Waals surface area contributed by atoms with Gasteiger partial charge in [0.05, 0.1) is 10.7 Å². The smallest absolute Gasteiger partial charge is 0.100 e. The van der Waals surface area contributed by atoms with Crippen LogP contribution >= 0.6 is 22.7 Å². The fourth-order valence-electron chi connectivity index (χ4n) is 2.25. The van der Waals surface area contributed by atoms with E-state index in [0.29, 0.717) is 6.54 Å². The van der Waals surface area contributed by atoms with Crippen molar-refractivity contribution in [2.45, 2.75) is 58.6 Å². The first-order chi connectivity index (χ1) is 10.1. The minimum absolute atomic E-state index is 0.0789. The van der Waals surface area contributed by atoms with Crippen molar-refractivity contribution in [2.24, 2.45) is 0 Å². The number of rotatable bonds is 5. The number of nitrogens with one attached hydrogen (secondary N) is 1. The van der Waals surface area contributed by atoms with Gasteiger partial charge in [-0.15, -0.1) is 11.3 Å². The lowest BCUT2D eigenvalue weighted by Gasteiger charge is -2.25. The number of aromatic nitrogens is 1. The average Bonchev–Trinajstić information content (AvgIpc) is 3.04. The molecule has 2 unspecified atom stereocenters. The number of thiophene rings is 1. The predicted octanol–water partition coefficient (Wildman–Crippen LogP) is 4.37. The molecule has 0 fully saturated rings. The van der Waals surface area contributed by atoms with Crippen molar-refractivity contribution in [3.8, 4) is 0 Å². The molecule has 5 heteroatoms. The van der Waals surface area contributed by atoms with E-state index < -0.39 is 5.60 Å². The Morgan fingerprint density at radius 2 is 2.00 bits per heavy atom. The zero-order valence-corrected chi connectivity index (χ0v) is 15.9. The van der Waals surface area contributed by atoms with Crippen LogP contribution in [0.2, 0.25) is 0 Å². The van der Waals surface area contributed by atoms with Gasteiger partial charge in [-0.3, -0.25) is 0 Å². The van der Waals surface area contributed by atoms with Crippen molar-refractivity contribution in [2.75, 3.05) is 6.54 Å². The molecule has 2 aromatic heterocycles. The lowest BCUT2D eigenvalue weighted by atomic mass is 9.98. The first-order valence-electron chi connectivity index (χ1n) is 7.57. The van der Waals surface area contributed by atoms with Crippen LogP contribution in [-0.2, 0) is 11.0 Å². The van der Waals surface area contributed by atoms with Gasteiger partial charge in [0.2, 0.25) is 0 Å². The summed E-state index contributed by atoms with van der Waals surface area (Å²) in [5, 5.41) is 19.2. The number of nitrogens with zero attached hydrogens (tertiary/aromatic N) is 1. The van der Waals surface area contributed by atoms with Crippen LogP contribution < -0.4 is 5.32 Å². The molecule has 0 aliphatic carbocycles. The van der Waals surface area contributed by atoms with E-state index in [1.807, 2.05) is 23.8 Å². The van der Waals surface area contributed by atoms with Crippen molar-refractivity contribution < 1.29 is 5.11 Å². The molecular weight excluding hydrogens is 312 g/mol. The number of hydrogen-bond donors (Lipinski definition) is 2. The van der Waals surface area contributed by atoms with Gasteiger partial charge in [0.25, 0.3) is 0 Å². The lowest BCUT2D eigenvalue weighted by Crippen LogP contribution is -2.36. The molecule has 0 radical (unpaired) electrons. The molecule has 0 aromatic carbocycles. The maximum atomic E-state index is 10.6. The van der Waals surface area contributed by atoms with Gasteiger partial charge in [0.1, 0.15) is 5.60 Å². The molecule has 0 saturated heterocycles. The molecular formula is C17H26N2OS2. The highest BCUT2D eigenvalue weighted by Crippen LogP contribution is 2.33. The largest absolute Gasteiger partial charge is 0.384 e. The Labute approximate surface area is 141 Å². The summed E-state index contributed by atoms with van der Waals surface area (Å²) >= 11 is 3.38. The van der Waals surface area contributed by atoms with Gasteiger partial charge in [-0.25, -0.2) is 4.98 Å². The van der Waals surface area contributed by atoms with Crippen LogP contribution in [0.25, 0.3) is 0 Å². The summed E-state index contributed by atoms with van der Waals surface area (Å²) in [7, 11) is 0. The van der Waals surface area contributed by atoms with E-state index in [1.54, 1.807) is 22.7 Å². The molecule has 3 nitrogen and oxygen atoms in total. The summed E-state index contributed by atoms with van der Waals surface area (Å²) in [5.41, 5.74) is 1.29. The Kier molecular flexibility index (Phi) is 5.12. The first kappa shape index (κ1) is 17.6. The Hall–Kier alpha value is -0.750. The molecule has 2 aromatic rings. The monoisotopic (exact) mass is 338 g/mol. The van der Waals surface area contributed by atoms with E-state index in [-0.39, 0.29) is 11.5 Å². The Morgan fingerprint density at radius 3 is 2.50 bits per heavy atom. The molecule has 0 spiro atoms. The molecule has 0 saturated carbocycles. The summed E-state index contributed by atoms with van der Waals surface area (Å²) in [6, 6.07) is 2.16. The average molecular weight is 339 g/mol. The third kappa shape index (κ3) is 3.96. The third-order valence-corrected chi connectivity index (χ3v) is 6.21. The van der Waals surface area contributed by atoms with Gasteiger partial charge in [-0.2, -0.15) is 11.3 Å². The van der Waals surface area contributed by atoms with Gasteiger partial charge in [0, 0.05) is 22.9 Å². The molecule has 0 aliphatic rings. The number of aryl methyl sites for hydroxylation is 1. The van der Waals surface area contributed by atoms with Crippen LogP contribution in [0.1, 0.15) is 61.8 Å². The van der Waals surface area contributed by atoms with Gasteiger partial charge in [-0.1, -0.05) is 20.8 Å². The molecule has 0 amide bonds. The van der Waals surface area contributed by atoms with E-state index in [1.165, 1.54) is 9.88 Å². The molecule has 0 bridgehead atoms. The van der Waals surface area contributed by atoms with Crippen molar-refractivity contribution in [1.29, 1.82) is 0 Å². The molecule has 2 rings (SSSR count). The Balaban J connectivity index is 2.07. The first-order valence-corrected chi connectivity index (χ1v) is 9.33. The van der Waals surface area contributed by atoms with E-state index in [2.05, 4.69) is 39.9 Å². The number of hydrogen-bond acceptors (Lipinski definition) is 5. The van der Waals surface area contributed by atoms with E-state index in [0.717, 1.165) is 11.3 Å². The summed E-state index contributed by atoms with van der Waals surface area (Å²) in [6.07, 6.45) is 0. The SMILES string of the molecule is Cc1nc(C(C)(C)C)sc1C(C)NCC(C)(O)c1ccsc1. The maximum Gasteiger partial charge on any atom is 0.100 e. The van der Waals surface area contributed by atoms with E-state index >= 15 is 0 Å². The molecule has 22 heavy (non-hydrogen) atoms. The van der Waals surface area contributed by atoms with Crippen LogP contribution in [0, 0.1) is 6.92 Å². The van der Waals surface area contributed by atoms with Crippen LogP contribution in [0.5, 0.6) is 0 Å². The molecule has 2 N–H and O–H groups in total. The van der Waals surface area contributed by atoms with Crippen molar-refractivity contribution in [3.63, 3.8) is 0 Å². The quantitative estimate of drug-likeness (QED) is 0.851. The van der Waals surface area contributed by atoms with E-state index in [9.17, 15) is 5.11 Å². The highest BCUT2D eigenvalue weighted by atomic mass is 32.1. The zero-order chi connectivity index (χ0) is 16.5. The maximum absolute atomic E-state index is 10.6. The van der Waals surface area contributed by atoms with Crippen LogP contribution in [-0.4, -0.2) is 16.6 Å². The second kappa shape index (κ2) is 6.40. The van der Waals surface area contributed by atoms with Crippen molar-refractivity contribution in [1.82, 2.24) is 10.3 Å². The Morgan fingerprint density at radius 1 is 1.32 bits per heavy atom. The fourth-order valence-corrected chi connectivity index (χ4v) is 4.18. The van der Waals surface area contributed by atoms with Crippen LogP contribution in [0.3, 0.4) is 0 Å². The van der Waals surface area contributed by atoms with Gasteiger partial charge in [-0.05, 0) is 43.2 Å². The summed E-state index contributed by atoms with van der Waals surface area (Å²) in [6.45, 7) is 13.1. The van der Waals surface area contributed by atoms with Crippen LogP contribution in [0.15, 0.2) is 16.8 Å². The van der Waals surface area contributed by atoms with Gasteiger partial charge >= 0.3 is 0 Å². The minimum Gasteiger partial charge on any atom is -0.384 e. The van der Waals surface area contributed by atoms with Gasteiger partial charge < -0.3 is 10.4 Å². The lowest BCUT2D eigenvalue weighted by molar-refractivity contribution is 0.0549. The zero-order valence-electron chi connectivity index (χ0n) is 14.2. The summed E-state index contributed by atoms with van der Waals surface area (Å²) in [4.78, 5) is 5.97. The molecule has 0 aliphatic heterocycles. The van der Waals surface area contributed by atoms with Crippen molar-refractivity contribution in [3.05, 3.63) is 38.0 Å². The Bertz CT molecular complexity index is 609. The molecule has 2 heterocycles. The normalized spacial score (nSPS) is 16.5.